The molecule has 0 spiro atoms. The first-order chi connectivity index (χ1) is 10.2. The number of unbranched alkanes of at least 4 members (excludes halogenated alkanes) is 1. The molecular formula is C18H27ClN2. The molecule has 0 bridgehead atoms. The second-order valence-electron chi connectivity index (χ2n) is 5.86. The number of fused-ring (bicyclic) bond motifs is 1. The third-order valence-electron chi connectivity index (χ3n) is 4.18. The minimum Gasteiger partial charge on any atom is -0.325 e. The standard InChI is InChI=1S/C18H27ClN2/c1-4-6-10-15(8-5-2)21-17(12-13-19)20-16-11-7-9-14(3)18(16)21/h7,9,11,15H,4-6,8,10,12-13H2,1-3H3. The summed E-state index contributed by atoms with van der Waals surface area (Å²) in [7, 11) is 0. The van der Waals surface area contributed by atoms with Crippen molar-refractivity contribution in [1.29, 1.82) is 0 Å². The molecular weight excluding hydrogens is 280 g/mol. The topological polar surface area (TPSA) is 17.8 Å². The number of alkyl halides is 1. The first-order valence-corrected chi connectivity index (χ1v) is 8.78. The van der Waals surface area contributed by atoms with Crippen LogP contribution in [-0.4, -0.2) is 15.4 Å². The Bertz CT molecular complexity index is 574. The van der Waals surface area contributed by atoms with Crippen LogP contribution in [0.4, 0.5) is 0 Å². The van der Waals surface area contributed by atoms with Gasteiger partial charge in [0.15, 0.2) is 0 Å². The molecule has 0 amide bonds. The average molecular weight is 307 g/mol. The molecule has 0 aliphatic heterocycles. The molecule has 1 heterocycles. The van der Waals surface area contributed by atoms with E-state index in [2.05, 4.69) is 43.5 Å². The lowest BCUT2D eigenvalue weighted by molar-refractivity contribution is 0.415. The zero-order valence-electron chi connectivity index (χ0n) is 13.5. The minimum atomic E-state index is 0.555. The van der Waals surface area contributed by atoms with Gasteiger partial charge in [-0.1, -0.05) is 45.2 Å². The Morgan fingerprint density at radius 1 is 1.19 bits per heavy atom. The molecule has 2 aromatic rings. The van der Waals surface area contributed by atoms with Gasteiger partial charge in [-0.15, -0.1) is 11.6 Å². The van der Waals surface area contributed by atoms with Crippen LogP contribution < -0.4 is 0 Å². The van der Waals surface area contributed by atoms with Crippen LogP contribution in [0.25, 0.3) is 11.0 Å². The van der Waals surface area contributed by atoms with Gasteiger partial charge in [0.1, 0.15) is 5.82 Å². The van der Waals surface area contributed by atoms with E-state index in [9.17, 15) is 0 Å². The van der Waals surface area contributed by atoms with Crippen molar-refractivity contribution < 1.29 is 0 Å². The molecule has 116 valence electrons. The maximum Gasteiger partial charge on any atom is 0.111 e. The molecule has 0 saturated heterocycles. The lowest BCUT2D eigenvalue weighted by atomic mass is 10.0. The first kappa shape index (κ1) is 16.4. The van der Waals surface area contributed by atoms with Gasteiger partial charge in [-0.05, 0) is 31.4 Å². The van der Waals surface area contributed by atoms with E-state index in [1.54, 1.807) is 0 Å². The van der Waals surface area contributed by atoms with E-state index in [1.165, 1.54) is 43.2 Å². The van der Waals surface area contributed by atoms with E-state index < -0.39 is 0 Å². The summed E-state index contributed by atoms with van der Waals surface area (Å²) < 4.78 is 2.49. The van der Waals surface area contributed by atoms with Gasteiger partial charge in [-0.2, -0.15) is 0 Å². The fraction of sp³-hybridized carbons (Fsp3) is 0.611. The molecule has 2 nitrogen and oxygen atoms in total. The van der Waals surface area contributed by atoms with Crippen LogP contribution in [0, 0.1) is 6.92 Å². The first-order valence-electron chi connectivity index (χ1n) is 8.25. The molecule has 1 unspecified atom stereocenters. The molecule has 1 atom stereocenters. The largest absolute Gasteiger partial charge is 0.325 e. The third-order valence-corrected chi connectivity index (χ3v) is 4.37. The Morgan fingerprint density at radius 2 is 2.00 bits per heavy atom. The maximum absolute atomic E-state index is 6.01. The number of aromatic nitrogens is 2. The van der Waals surface area contributed by atoms with Crippen molar-refractivity contribution in [3.8, 4) is 0 Å². The summed E-state index contributed by atoms with van der Waals surface area (Å²) in [5.74, 6) is 1.79. The lowest BCUT2D eigenvalue weighted by Crippen LogP contribution is -2.13. The summed E-state index contributed by atoms with van der Waals surface area (Å²) in [4.78, 5) is 4.85. The summed E-state index contributed by atoms with van der Waals surface area (Å²) in [6.07, 6.45) is 7.03. The van der Waals surface area contributed by atoms with E-state index in [-0.39, 0.29) is 0 Å². The third kappa shape index (κ3) is 3.60. The molecule has 0 aliphatic carbocycles. The van der Waals surface area contributed by atoms with Gasteiger partial charge in [-0.3, -0.25) is 0 Å². The number of aryl methyl sites for hydroxylation is 2. The lowest BCUT2D eigenvalue weighted by Gasteiger charge is -2.22. The summed E-state index contributed by atoms with van der Waals surface area (Å²) in [5, 5.41) is 0. The Morgan fingerprint density at radius 3 is 2.67 bits per heavy atom. The molecule has 0 radical (unpaired) electrons. The zero-order chi connectivity index (χ0) is 15.2. The molecule has 0 N–H and O–H groups in total. The number of hydrogen-bond donors (Lipinski definition) is 0. The van der Waals surface area contributed by atoms with Gasteiger partial charge in [0.25, 0.3) is 0 Å². The second kappa shape index (κ2) is 7.84. The van der Waals surface area contributed by atoms with Crippen LogP contribution >= 0.6 is 11.6 Å². The van der Waals surface area contributed by atoms with Crippen molar-refractivity contribution in [3.05, 3.63) is 29.6 Å². The highest BCUT2D eigenvalue weighted by Crippen LogP contribution is 2.30. The monoisotopic (exact) mass is 306 g/mol. The fourth-order valence-electron chi connectivity index (χ4n) is 3.20. The molecule has 0 saturated carbocycles. The number of nitrogens with zero attached hydrogens (tertiary/aromatic N) is 2. The van der Waals surface area contributed by atoms with Gasteiger partial charge in [0, 0.05) is 18.3 Å². The molecule has 0 aliphatic rings. The Hall–Kier alpha value is -1.02. The van der Waals surface area contributed by atoms with E-state index in [0.29, 0.717) is 11.9 Å². The van der Waals surface area contributed by atoms with Crippen molar-refractivity contribution in [2.45, 2.75) is 65.3 Å². The number of imidazole rings is 1. The van der Waals surface area contributed by atoms with Crippen molar-refractivity contribution in [1.82, 2.24) is 9.55 Å². The average Bonchev–Trinajstić information content (AvgIpc) is 2.83. The molecule has 1 aromatic carbocycles. The van der Waals surface area contributed by atoms with Crippen molar-refractivity contribution in [2.75, 3.05) is 5.88 Å². The Balaban J connectivity index is 2.53. The predicted molar refractivity (Wildman–Crippen MR) is 92.4 cm³/mol. The zero-order valence-corrected chi connectivity index (χ0v) is 14.3. The van der Waals surface area contributed by atoms with Crippen LogP contribution in [0.1, 0.15) is 63.4 Å². The van der Waals surface area contributed by atoms with Gasteiger partial charge < -0.3 is 4.57 Å². The summed E-state index contributed by atoms with van der Waals surface area (Å²) in [6.45, 7) is 6.72. The summed E-state index contributed by atoms with van der Waals surface area (Å²) in [5.41, 5.74) is 3.75. The molecule has 21 heavy (non-hydrogen) atoms. The SMILES string of the molecule is CCCCC(CCC)n1c(CCCl)nc2cccc(C)c21. The van der Waals surface area contributed by atoms with E-state index in [1.807, 2.05) is 0 Å². The van der Waals surface area contributed by atoms with E-state index >= 15 is 0 Å². The highest BCUT2D eigenvalue weighted by atomic mass is 35.5. The number of rotatable bonds is 8. The van der Waals surface area contributed by atoms with Crippen LogP contribution in [0.5, 0.6) is 0 Å². The van der Waals surface area contributed by atoms with Crippen molar-refractivity contribution in [3.63, 3.8) is 0 Å². The maximum atomic E-state index is 6.01. The smallest absolute Gasteiger partial charge is 0.111 e. The molecule has 2 rings (SSSR count). The van der Waals surface area contributed by atoms with Crippen LogP contribution in [0.2, 0.25) is 0 Å². The van der Waals surface area contributed by atoms with Gasteiger partial charge in [0.05, 0.1) is 11.0 Å². The van der Waals surface area contributed by atoms with Gasteiger partial charge >= 0.3 is 0 Å². The summed E-state index contributed by atoms with van der Waals surface area (Å²) >= 11 is 6.01. The second-order valence-corrected chi connectivity index (χ2v) is 6.24. The highest BCUT2D eigenvalue weighted by Gasteiger charge is 2.19. The quantitative estimate of drug-likeness (QED) is 0.576. The van der Waals surface area contributed by atoms with Gasteiger partial charge in [-0.25, -0.2) is 4.98 Å². The molecule has 1 aromatic heterocycles. The number of halogens is 1. The van der Waals surface area contributed by atoms with E-state index in [0.717, 1.165) is 17.8 Å². The number of benzene rings is 1. The highest BCUT2D eigenvalue weighted by molar-refractivity contribution is 6.17. The predicted octanol–water partition coefficient (Wildman–Crippen LogP) is 5.66. The van der Waals surface area contributed by atoms with Gasteiger partial charge in [0.2, 0.25) is 0 Å². The molecule has 3 heteroatoms. The van der Waals surface area contributed by atoms with Crippen LogP contribution in [0.15, 0.2) is 18.2 Å². The minimum absolute atomic E-state index is 0.555. The number of hydrogen-bond acceptors (Lipinski definition) is 1. The normalized spacial score (nSPS) is 13.0. The van der Waals surface area contributed by atoms with Crippen molar-refractivity contribution >= 4 is 22.6 Å². The molecule has 0 fully saturated rings. The summed E-state index contributed by atoms with van der Waals surface area (Å²) in [6, 6.07) is 6.97. The Kier molecular flexibility index (Phi) is 6.10. The Labute approximate surface area is 133 Å². The number of para-hydroxylation sites is 1. The van der Waals surface area contributed by atoms with Crippen LogP contribution in [0.3, 0.4) is 0 Å². The van der Waals surface area contributed by atoms with E-state index in [4.69, 9.17) is 16.6 Å². The van der Waals surface area contributed by atoms with Crippen LogP contribution in [-0.2, 0) is 6.42 Å². The fourth-order valence-corrected chi connectivity index (χ4v) is 3.37. The van der Waals surface area contributed by atoms with Crippen molar-refractivity contribution in [2.24, 2.45) is 0 Å².